The molecule has 19 heavy (non-hydrogen) atoms. The maximum absolute atomic E-state index is 5.86. The van der Waals surface area contributed by atoms with E-state index in [1.807, 2.05) is 36.0 Å². The van der Waals surface area contributed by atoms with E-state index < -0.39 is 0 Å². The average molecular weight is 357 g/mol. The molecule has 4 heteroatoms. The van der Waals surface area contributed by atoms with E-state index >= 15 is 0 Å². The summed E-state index contributed by atoms with van der Waals surface area (Å²) in [5.74, 6) is 2.10. The monoisotopic (exact) mass is 355 g/mol. The Bertz CT molecular complexity index is 516. The van der Waals surface area contributed by atoms with Crippen LogP contribution in [0.5, 0.6) is 0 Å². The molecule has 0 saturated heterocycles. The van der Waals surface area contributed by atoms with Gasteiger partial charge in [-0.15, -0.1) is 0 Å². The van der Waals surface area contributed by atoms with Crippen LogP contribution in [0.3, 0.4) is 0 Å². The van der Waals surface area contributed by atoms with Crippen LogP contribution >= 0.6 is 39.3 Å². The zero-order valence-corrected chi connectivity index (χ0v) is 13.6. The Morgan fingerprint density at radius 1 is 1.11 bits per heavy atom. The fourth-order valence-corrected chi connectivity index (χ4v) is 2.98. The SMILES string of the molecule is Clc1ccc(CSCCNc2cccc(Br)c2)cc1. The van der Waals surface area contributed by atoms with Crippen LogP contribution in [0.1, 0.15) is 5.56 Å². The van der Waals surface area contributed by atoms with E-state index in [1.165, 1.54) is 5.56 Å². The van der Waals surface area contributed by atoms with E-state index in [0.717, 1.165) is 33.2 Å². The Morgan fingerprint density at radius 3 is 2.63 bits per heavy atom. The molecule has 2 aromatic rings. The van der Waals surface area contributed by atoms with Crippen molar-refractivity contribution in [3.8, 4) is 0 Å². The maximum Gasteiger partial charge on any atom is 0.0406 e. The predicted molar refractivity (Wildman–Crippen MR) is 90.2 cm³/mol. The smallest absolute Gasteiger partial charge is 0.0406 e. The van der Waals surface area contributed by atoms with Crippen molar-refractivity contribution < 1.29 is 0 Å². The van der Waals surface area contributed by atoms with Crippen molar-refractivity contribution in [3.63, 3.8) is 0 Å². The van der Waals surface area contributed by atoms with Crippen molar-refractivity contribution in [2.45, 2.75) is 5.75 Å². The van der Waals surface area contributed by atoms with Crippen LogP contribution in [-0.2, 0) is 5.75 Å². The van der Waals surface area contributed by atoms with Crippen LogP contribution in [0.2, 0.25) is 5.02 Å². The molecule has 0 saturated carbocycles. The summed E-state index contributed by atoms with van der Waals surface area (Å²) < 4.78 is 1.10. The molecule has 0 aliphatic heterocycles. The Labute approximate surface area is 131 Å². The standard InChI is InChI=1S/C15H15BrClNS/c16-13-2-1-3-15(10-13)18-8-9-19-11-12-4-6-14(17)7-5-12/h1-7,10,18H,8-9,11H2. The van der Waals surface area contributed by atoms with E-state index in [0.29, 0.717) is 0 Å². The van der Waals surface area contributed by atoms with E-state index in [-0.39, 0.29) is 0 Å². The molecule has 0 aliphatic carbocycles. The minimum Gasteiger partial charge on any atom is -0.384 e. The van der Waals surface area contributed by atoms with Gasteiger partial charge in [-0.1, -0.05) is 45.7 Å². The lowest BCUT2D eigenvalue weighted by molar-refractivity contribution is 1.22. The molecule has 1 N–H and O–H groups in total. The summed E-state index contributed by atoms with van der Waals surface area (Å²) in [4.78, 5) is 0. The summed E-state index contributed by atoms with van der Waals surface area (Å²) in [5, 5.41) is 4.21. The van der Waals surface area contributed by atoms with Crippen molar-refractivity contribution in [1.82, 2.24) is 0 Å². The molecule has 2 aromatic carbocycles. The van der Waals surface area contributed by atoms with E-state index in [2.05, 4.69) is 45.5 Å². The fraction of sp³-hybridized carbons (Fsp3) is 0.200. The number of benzene rings is 2. The van der Waals surface area contributed by atoms with Crippen LogP contribution < -0.4 is 5.32 Å². The van der Waals surface area contributed by atoms with Crippen LogP contribution in [0.15, 0.2) is 53.0 Å². The first-order valence-corrected chi connectivity index (χ1v) is 8.38. The van der Waals surface area contributed by atoms with E-state index in [4.69, 9.17) is 11.6 Å². The highest BCUT2D eigenvalue weighted by Gasteiger charge is 1.95. The third kappa shape index (κ3) is 5.47. The first kappa shape index (κ1) is 14.8. The first-order valence-electron chi connectivity index (χ1n) is 6.06. The molecule has 0 unspecified atom stereocenters. The number of nitrogens with one attached hydrogen (secondary N) is 1. The largest absolute Gasteiger partial charge is 0.384 e. The molecule has 2 rings (SSSR count). The summed E-state index contributed by atoms with van der Waals surface area (Å²) in [5.41, 5.74) is 2.47. The van der Waals surface area contributed by atoms with Crippen LogP contribution in [0.25, 0.3) is 0 Å². The number of anilines is 1. The molecule has 0 aliphatic rings. The van der Waals surface area contributed by atoms with Crippen molar-refractivity contribution in [3.05, 3.63) is 63.6 Å². The number of thioether (sulfide) groups is 1. The second-order valence-electron chi connectivity index (χ2n) is 4.12. The molecule has 0 radical (unpaired) electrons. The maximum atomic E-state index is 5.86. The van der Waals surface area contributed by atoms with Crippen LogP contribution in [0, 0.1) is 0 Å². The Hall–Kier alpha value is -0.640. The van der Waals surface area contributed by atoms with Crippen molar-refractivity contribution in [2.75, 3.05) is 17.6 Å². The van der Waals surface area contributed by atoms with Gasteiger partial charge in [0, 0.05) is 33.2 Å². The van der Waals surface area contributed by atoms with Gasteiger partial charge in [0.25, 0.3) is 0 Å². The van der Waals surface area contributed by atoms with Crippen molar-refractivity contribution >= 4 is 45.0 Å². The van der Waals surface area contributed by atoms with Gasteiger partial charge in [-0.3, -0.25) is 0 Å². The minimum absolute atomic E-state index is 0.796. The minimum atomic E-state index is 0.796. The Morgan fingerprint density at radius 2 is 1.89 bits per heavy atom. The van der Waals surface area contributed by atoms with Gasteiger partial charge in [0.2, 0.25) is 0 Å². The van der Waals surface area contributed by atoms with Crippen LogP contribution in [-0.4, -0.2) is 12.3 Å². The average Bonchev–Trinajstić information content (AvgIpc) is 2.41. The molecule has 0 spiro atoms. The number of halogens is 2. The Balaban J connectivity index is 1.66. The van der Waals surface area contributed by atoms with Gasteiger partial charge in [0.1, 0.15) is 0 Å². The summed E-state index contributed by atoms with van der Waals surface area (Å²) in [6, 6.07) is 16.3. The number of rotatable bonds is 6. The van der Waals surface area contributed by atoms with Gasteiger partial charge >= 0.3 is 0 Å². The topological polar surface area (TPSA) is 12.0 Å². The molecular formula is C15H15BrClNS. The van der Waals surface area contributed by atoms with Gasteiger partial charge in [0.05, 0.1) is 0 Å². The molecule has 0 aromatic heterocycles. The van der Waals surface area contributed by atoms with Gasteiger partial charge in [-0.25, -0.2) is 0 Å². The summed E-state index contributed by atoms with van der Waals surface area (Å²) in [7, 11) is 0. The van der Waals surface area contributed by atoms with Gasteiger partial charge in [-0.05, 0) is 35.9 Å². The van der Waals surface area contributed by atoms with E-state index in [9.17, 15) is 0 Å². The lowest BCUT2D eigenvalue weighted by Crippen LogP contribution is -2.03. The second kappa shape index (κ2) is 7.83. The van der Waals surface area contributed by atoms with E-state index in [1.54, 1.807) is 0 Å². The lowest BCUT2D eigenvalue weighted by atomic mass is 10.2. The number of hydrogen-bond donors (Lipinski definition) is 1. The molecule has 0 fully saturated rings. The molecule has 0 atom stereocenters. The number of hydrogen-bond acceptors (Lipinski definition) is 2. The third-order valence-electron chi connectivity index (χ3n) is 2.58. The van der Waals surface area contributed by atoms with Gasteiger partial charge in [-0.2, -0.15) is 11.8 Å². The normalized spacial score (nSPS) is 10.4. The molecule has 100 valence electrons. The predicted octanol–water partition coefficient (Wildman–Crippen LogP) is 5.45. The van der Waals surface area contributed by atoms with Gasteiger partial charge < -0.3 is 5.32 Å². The second-order valence-corrected chi connectivity index (χ2v) is 6.57. The van der Waals surface area contributed by atoms with Crippen LogP contribution in [0.4, 0.5) is 5.69 Å². The van der Waals surface area contributed by atoms with Gasteiger partial charge in [0.15, 0.2) is 0 Å². The highest BCUT2D eigenvalue weighted by Crippen LogP contribution is 2.17. The molecule has 1 nitrogen and oxygen atoms in total. The molecular weight excluding hydrogens is 342 g/mol. The zero-order valence-electron chi connectivity index (χ0n) is 10.4. The highest BCUT2D eigenvalue weighted by atomic mass is 79.9. The van der Waals surface area contributed by atoms with Crippen molar-refractivity contribution in [1.29, 1.82) is 0 Å². The molecule has 0 bridgehead atoms. The molecule has 0 amide bonds. The summed E-state index contributed by atoms with van der Waals surface area (Å²) in [6.07, 6.45) is 0. The summed E-state index contributed by atoms with van der Waals surface area (Å²) in [6.45, 7) is 0.967. The first-order chi connectivity index (χ1) is 9.24. The summed E-state index contributed by atoms with van der Waals surface area (Å²) >= 11 is 11.2. The molecule has 0 heterocycles. The highest BCUT2D eigenvalue weighted by molar-refractivity contribution is 9.10. The lowest BCUT2D eigenvalue weighted by Gasteiger charge is -2.06. The quantitative estimate of drug-likeness (QED) is 0.691. The Kier molecular flexibility index (Phi) is 6.08. The third-order valence-corrected chi connectivity index (χ3v) is 4.36. The zero-order chi connectivity index (χ0) is 13.5. The van der Waals surface area contributed by atoms with Crippen molar-refractivity contribution in [2.24, 2.45) is 0 Å². The fourth-order valence-electron chi connectivity index (χ4n) is 1.64.